The highest BCUT2D eigenvalue weighted by Crippen LogP contribution is 2.15. The Bertz CT molecular complexity index is 786. The van der Waals surface area contributed by atoms with Gasteiger partial charge >= 0.3 is 0 Å². The Morgan fingerprint density at radius 2 is 2.09 bits per heavy atom. The molecule has 0 fully saturated rings. The van der Waals surface area contributed by atoms with Crippen LogP contribution in [0, 0.1) is 11.7 Å². The Morgan fingerprint density at radius 3 is 2.73 bits per heavy atom. The third kappa shape index (κ3) is 4.14. The molecule has 0 saturated heterocycles. The third-order valence-corrected chi connectivity index (χ3v) is 4.06. The minimum absolute atomic E-state index is 0.236. The van der Waals surface area contributed by atoms with Gasteiger partial charge in [-0.3, -0.25) is 4.79 Å². The summed E-state index contributed by atoms with van der Waals surface area (Å²) in [5.74, 6) is -1.79. The molecule has 0 aliphatic carbocycles. The highest BCUT2D eigenvalue weighted by atomic mass is 32.2. The molecule has 1 aromatic carbocycles. The van der Waals surface area contributed by atoms with E-state index in [4.69, 9.17) is 0 Å². The highest BCUT2D eigenvalue weighted by Gasteiger charge is 2.19. The number of nitrogens with one attached hydrogen (secondary N) is 1. The van der Waals surface area contributed by atoms with E-state index in [-0.39, 0.29) is 11.4 Å². The molecule has 0 spiro atoms. The smallest absolute Gasteiger partial charge is 0.228 e. The van der Waals surface area contributed by atoms with Crippen molar-refractivity contribution in [3.8, 4) is 5.69 Å². The van der Waals surface area contributed by atoms with Gasteiger partial charge in [0.2, 0.25) is 5.91 Å². The van der Waals surface area contributed by atoms with Crippen LogP contribution >= 0.6 is 0 Å². The summed E-state index contributed by atoms with van der Waals surface area (Å²) in [4.78, 5) is 11.9. The summed E-state index contributed by atoms with van der Waals surface area (Å²) >= 11 is 0. The van der Waals surface area contributed by atoms with Crippen LogP contribution in [0.15, 0.2) is 36.7 Å². The van der Waals surface area contributed by atoms with Crippen molar-refractivity contribution in [2.75, 3.05) is 17.3 Å². The Morgan fingerprint density at radius 1 is 1.41 bits per heavy atom. The zero-order valence-corrected chi connectivity index (χ0v) is 13.0. The van der Waals surface area contributed by atoms with E-state index in [2.05, 4.69) is 10.4 Å². The standard InChI is InChI=1S/C14H16FN3O3S/c1-10(9-22(2,20)21)14(19)17-11-7-16-18(8-11)13-6-4-3-5-12(13)15/h3-8,10H,9H2,1-2H3,(H,17,19)/t10-/m0/s1. The number of amides is 1. The van der Waals surface area contributed by atoms with Gasteiger partial charge in [-0.1, -0.05) is 19.1 Å². The van der Waals surface area contributed by atoms with Crippen LogP contribution in [0.2, 0.25) is 0 Å². The quantitative estimate of drug-likeness (QED) is 0.906. The predicted octanol–water partition coefficient (Wildman–Crippen LogP) is 1.63. The number of nitrogens with zero attached hydrogens (tertiary/aromatic N) is 2. The lowest BCUT2D eigenvalue weighted by Gasteiger charge is -2.09. The molecule has 1 heterocycles. The van der Waals surface area contributed by atoms with Crippen molar-refractivity contribution in [2.24, 2.45) is 5.92 Å². The van der Waals surface area contributed by atoms with E-state index in [1.165, 1.54) is 30.1 Å². The summed E-state index contributed by atoms with van der Waals surface area (Å²) in [5.41, 5.74) is 0.626. The number of anilines is 1. The van der Waals surface area contributed by atoms with Crippen LogP contribution in [0.5, 0.6) is 0 Å². The van der Waals surface area contributed by atoms with Gasteiger partial charge in [0.25, 0.3) is 0 Å². The molecule has 1 atom stereocenters. The van der Waals surface area contributed by atoms with Crippen LogP contribution in [0.4, 0.5) is 10.1 Å². The molecule has 0 unspecified atom stereocenters. The molecule has 8 heteroatoms. The highest BCUT2D eigenvalue weighted by molar-refractivity contribution is 7.90. The molecule has 1 aromatic heterocycles. The normalized spacial score (nSPS) is 12.9. The van der Waals surface area contributed by atoms with Crippen molar-refractivity contribution in [3.05, 3.63) is 42.5 Å². The molecule has 0 saturated carbocycles. The Labute approximate surface area is 127 Å². The van der Waals surface area contributed by atoms with Crippen molar-refractivity contribution in [2.45, 2.75) is 6.92 Å². The van der Waals surface area contributed by atoms with E-state index in [0.717, 1.165) is 6.26 Å². The molecular formula is C14H16FN3O3S. The second-order valence-corrected chi connectivity index (χ2v) is 7.29. The van der Waals surface area contributed by atoms with Gasteiger partial charge in [0.15, 0.2) is 0 Å². The van der Waals surface area contributed by atoms with Crippen LogP contribution in [0.1, 0.15) is 6.92 Å². The van der Waals surface area contributed by atoms with Gasteiger partial charge in [0, 0.05) is 12.2 Å². The van der Waals surface area contributed by atoms with Crippen molar-refractivity contribution in [1.29, 1.82) is 0 Å². The maximum atomic E-state index is 13.6. The molecule has 2 aromatic rings. The number of hydrogen-bond donors (Lipinski definition) is 1. The van der Waals surface area contributed by atoms with Crippen LogP contribution < -0.4 is 5.32 Å². The first-order valence-electron chi connectivity index (χ1n) is 6.54. The zero-order valence-electron chi connectivity index (χ0n) is 12.2. The maximum absolute atomic E-state index is 13.6. The molecule has 1 amide bonds. The second-order valence-electron chi connectivity index (χ2n) is 5.11. The molecule has 22 heavy (non-hydrogen) atoms. The molecule has 0 bridgehead atoms. The van der Waals surface area contributed by atoms with Crippen molar-refractivity contribution < 1.29 is 17.6 Å². The van der Waals surface area contributed by atoms with Crippen LogP contribution in [0.3, 0.4) is 0 Å². The lowest BCUT2D eigenvalue weighted by atomic mass is 10.2. The molecule has 6 nitrogen and oxygen atoms in total. The number of rotatable bonds is 5. The van der Waals surface area contributed by atoms with E-state index in [1.807, 2.05) is 0 Å². The van der Waals surface area contributed by atoms with Gasteiger partial charge in [-0.15, -0.1) is 0 Å². The summed E-state index contributed by atoms with van der Waals surface area (Å²) in [6.07, 6.45) is 3.91. The number of aromatic nitrogens is 2. The van der Waals surface area contributed by atoms with Crippen molar-refractivity contribution >= 4 is 21.4 Å². The number of carbonyl (C=O) groups excluding carboxylic acids is 1. The third-order valence-electron chi connectivity index (χ3n) is 2.95. The summed E-state index contributed by atoms with van der Waals surface area (Å²) in [7, 11) is -3.24. The monoisotopic (exact) mass is 325 g/mol. The summed E-state index contributed by atoms with van der Waals surface area (Å²) < 4.78 is 37.3. The molecule has 0 radical (unpaired) electrons. The van der Waals surface area contributed by atoms with Gasteiger partial charge in [-0.25, -0.2) is 17.5 Å². The van der Waals surface area contributed by atoms with Gasteiger partial charge in [0.05, 0.1) is 23.8 Å². The maximum Gasteiger partial charge on any atom is 0.228 e. The number of benzene rings is 1. The van der Waals surface area contributed by atoms with E-state index in [9.17, 15) is 17.6 Å². The average molecular weight is 325 g/mol. The number of para-hydroxylation sites is 1. The lowest BCUT2D eigenvalue weighted by molar-refractivity contribution is -0.118. The molecule has 2 rings (SSSR count). The number of hydrogen-bond acceptors (Lipinski definition) is 4. The fraction of sp³-hybridized carbons (Fsp3) is 0.286. The largest absolute Gasteiger partial charge is 0.323 e. The van der Waals surface area contributed by atoms with E-state index in [1.54, 1.807) is 18.2 Å². The molecule has 1 N–H and O–H groups in total. The fourth-order valence-electron chi connectivity index (χ4n) is 1.95. The van der Waals surface area contributed by atoms with E-state index >= 15 is 0 Å². The first kappa shape index (κ1) is 16.2. The summed E-state index contributed by atoms with van der Waals surface area (Å²) in [5, 5.41) is 6.54. The number of halogens is 1. The first-order chi connectivity index (χ1) is 10.3. The Hall–Kier alpha value is -2.22. The second kappa shape index (κ2) is 6.27. The lowest BCUT2D eigenvalue weighted by Crippen LogP contribution is -2.26. The Kier molecular flexibility index (Phi) is 4.60. The van der Waals surface area contributed by atoms with E-state index in [0.29, 0.717) is 5.69 Å². The van der Waals surface area contributed by atoms with Crippen molar-refractivity contribution in [3.63, 3.8) is 0 Å². The van der Waals surface area contributed by atoms with Gasteiger partial charge in [-0.2, -0.15) is 5.10 Å². The Balaban J connectivity index is 2.10. The van der Waals surface area contributed by atoms with Gasteiger partial charge < -0.3 is 5.32 Å². The van der Waals surface area contributed by atoms with Crippen molar-refractivity contribution in [1.82, 2.24) is 9.78 Å². The SMILES string of the molecule is C[C@@H](CS(C)(=O)=O)C(=O)Nc1cnn(-c2ccccc2F)c1. The number of sulfone groups is 1. The van der Waals surface area contributed by atoms with Crippen LogP contribution in [-0.2, 0) is 14.6 Å². The van der Waals surface area contributed by atoms with Gasteiger partial charge in [0.1, 0.15) is 21.3 Å². The molecule has 0 aliphatic heterocycles. The number of carbonyl (C=O) groups is 1. The molecule has 118 valence electrons. The topological polar surface area (TPSA) is 81.1 Å². The zero-order chi connectivity index (χ0) is 16.3. The molecule has 0 aliphatic rings. The average Bonchev–Trinajstić information content (AvgIpc) is 2.85. The molecular weight excluding hydrogens is 309 g/mol. The summed E-state index contributed by atoms with van der Waals surface area (Å²) in [6, 6.07) is 6.11. The fourth-order valence-corrected chi connectivity index (χ4v) is 3.01. The minimum Gasteiger partial charge on any atom is -0.323 e. The van der Waals surface area contributed by atoms with Crippen LogP contribution in [-0.4, -0.2) is 36.1 Å². The van der Waals surface area contributed by atoms with Gasteiger partial charge in [-0.05, 0) is 12.1 Å². The first-order valence-corrected chi connectivity index (χ1v) is 8.60. The predicted molar refractivity (Wildman–Crippen MR) is 81.0 cm³/mol. The minimum atomic E-state index is -3.24. The summed E-state index contributed by atoms with van der Waals surface area (Å²) in [6.45, 7) is 1.53. The van der Waals surface area contributed by atoms with E-state index < -0.39 is 27.5 Å². The van der Waals surface area contributed by atoms with Crippen LogP contribution in [0.25, 0.3) is 5.69 Å².